The van der Waals surface area contributed by atoms with E-state index >= 15 is 4.79 Å². The van der Waals surface area contributed by atoms with E-state index in [0.717, 1.165) is 0 Å². The second-order valence-electron chi connectivity index (χ2n) is 22.4. The summed E-state index contributed by atoms with van der Waals surface area (Å²) in [4.78, 5) is 69.1. The number of rotatable bonds is 15. The summed E-state index contributed by atoms with van der Waals surface area (Å²) in [6.45, 7) is 18.7. The summed E-state index contributed by atoms with van der Waals surface area (Å²) in [5.74, 6) is -6.00. The van der Waals surface area contributed by atoms with Crippen molar-refractivity contribution in [1.29, 1.82) is 0 Å². The molecule has 4 saturated heterocycles. The molecule has 19 atom stereocenters. The topological polar surface area (TPSA) is 253 Å². The van der Waals surface area contributed by atoms with Crippen LogP contribution in [0, 0.1) is 29.6 Å². The highest BCUT2D eigenvalue weighted by molar-refractivity contribution is 14.1. The molecule has 21 nitrogen and oxygen atoms in total. The first-order valence-electron chi connectivity index (χ1n) is 26.8. The molecule has 3 aromatic rings. The predicted molar refractivity (Wildman–Crippen MR) is 306 cm³/mol. The Balaban J connectivity index is 1.22. The number of amides is 1. The molecule has 1 amide bonds. The Morgan fingerprint density at radius 1 is 0.924 bits per heavy atom. The fourth-order valence-corrected chi connectivity index (χ4v) is 14.6. The molecule has 7 rings (SSSR count). The number of pyridine rings is 2. The summed E-state index contributed by atoms with van der Waals surface area (Å²) in [5, 5.41) is 33.7. The number of hydrogen-bond donors (Lipinski definition) is 4. The minimum absolute atomic E-state index is 0.0890. The van der Waals surface area contributed by atoms with Crippen molar-refractivity contribution in [3.63, 3.8) is 0 Å². The average Bonchev–Trinajstić information content (AvgIpc) is 4.08. The molecule has 0 unspecified atom stereocenters. The summed E-state index contributed by atoms with van der Waals surface area (Å²) in [6.07, 6.45) is -0.893. The van der Waals surface area contributed by atoms with Crippen LogP contribution in [0.3, 0.4) is 0 Å². The number of ether oxygens (including phenoxy) is 8. The lowest BCUT2D eigenvalue weighted by molar-refractivity contribution is -0.319. The molecule has 0 radical (unpaired) electrons. The van der Waals surface area contributed by atoms with Gasteiger partial charge >= 0.3 is 11.9 Å². The van der Waals surface area contributed by atoms with Gasteiger partial charge in [-0.1, -0.05) is 44.0 Å². The van der Waals surface area contributed by atoms with Crippen molar-refractivity contribution in [3.05, 3.63) is 40.4 Å². The molecule has 0 spiro atoms. The van der Waals surface area contributed by atoms with Gasteiger partial charge in [-0.2, -0.15) is 5.10 Å². The van der Waals surface area contributed by atoms with E-state index < -0.39 is 117 Å². The number of aliphatic hydroxyl groups excluding tert-OH is 2. The van der Waals surface area contributed by atoms with Crippen LogP contribution in [-0.2, 0) is 58.8 Å². The number of alkyl halides is 1. The number of esters is 2. The number of aliphatic hydroxyl groups is 2. The van der Waals surface area contributed by atoms with Crippen molar-refractivity contribution in [2.75, 3.05) is 51.2 Å². The zero-order chi connectivity index (χ0) is 58.2. The maximum absolute atomic E-state index is 15.3. The van der Waals surface area contributed by atoms with Crippen molar-refractivity contribution in [2.45, 2.75) is 176 Å². The van der Waals surface area contributed by atoms with Gasteiger partial charge in [-0.05, 0) is 98.0 Å². The van der Waals surface area contributed by atoms with Crippen LogP contribution in [0.2, 0.25) is 10.0 Å². The molecule has 25 heteroatoms. The molecule has 0 bridgehead atoms. The Labute approximate surface area is 490 Å². The molecule has 0 saturated carbocycles. The normalized spacial score (nSPS) is 37.8. The number of carbonyl (C=O) groups excluding carboxylic acids is 4. The van der Waals surface area contributed by atoms with Crippen LogP contribution in [0.25, 0.3) is 11.0 Å². The number of Topliss-reactive ketones (excluding diaryl/α,β-unsaturated/α-hetero) is 1. The predicted octanol–water partition coefficient (Wildman–Crippen LogP) is 7.17. The van der Waals surface area contributed by atoms with Crippen molar-refractivity contribution in [2.24, 2.45) is 29.6 Å². The summed E-state index contributed by atoms with van der Waals surface area (Å²) >= 11 is 16.0. The third kappa shape index (κ3) is 13.0. The van der Waals surface area contributed by atoms with Gasteiger partial charge in [0.25, 0.3) is 5.91 Å². The Kier molecular flexibility index (Phi) is 20.8. The summed E-state index contributed by atoms with van der Waals surface area (Å²) in [5.41, 5.74) is -2.61. The Morgan fingerprint density at radius 3 is 2.23 bits per heavy atom. The number of methoxy groups -OCH3 is 2. The molecule has 3 aromatic heterocycles. The molecule has 4 aliphatic heterocycles. The summed E-state index contributed by atoms with van der Waals surface area (Å²) in [7, 11) is 6.78. The van der Waals surface area contributed by atoms with Gasteiger partial charge in [0.2, 0.25) is 0 Å². The van der Waals surface area contributed by atoms with Crippen molar-refractivity contribution < 1.29 is 67.3 Å². The number of carbonyl (C=O) groups is 4. The van der Waals surface area contributed by atoms with Crippen molar-refractivity contribution in [1.82, 2.24) is 24.6 Å². The smallest absolute Gasteiger partial charge is 0.320 e. The summed E-state index contributed by atoms with van der Waals surface area (Å²) < 4.78 is 52.2. The third-order valence-corrected chi connectivity index (χ3v) is 20.0. The molecule has 0 aliphatic carbocycles. The minimum Gasteiger partial charge on any atom is -0.453 e. The van der Waals surface area contributed by atoms with E-state index in [4.69, 9.17) is 61.1 Å². The van der Waals surface area contributed by atoms with Crippen LogP contribution < -0.4 is 10.6 Å². The summed E-state index contributed by atoms with van der Waals surface area (Å²) in [6, 6.07) is -0.332. The average molecular weight is 1280 g/mol. The highest BCUT2D eigenvalue weighted by Gasteiger charge is 2.62. The number of cyclic esters (lactones) is 1. The van der Waals surface area contributed by atoms with E-state index in [0.29, 0.717) is 29.7 Å². The molecule has 4 N–H and O–H groups in total. The first kappa shape index (κ1) is 63.5. The van der Waals surface area contributed by atoms with Gasteiger partial charge in [-0.3, -0.25) is 24.2 Å². The number of thioether (sulfide) groups is 1. The zero-order valence-corrected chi connectivity index (χ0v) is 51.8. The molecular formula is C54H78Cl2IN7O14S. The van der Waals surface area contributed by atoms with Gasteiger partial charge in [0.1, 0.15) is 23.2 Å². The van der Waals surface area contributed by atoms with Gasteiger partial charge in [0.15, 0.2) is 27.9 Å². The van der Waals surface area contributed by atoms with E-state index in [1.165, 1.54) is 44.6 Å². The van der Waals surface area contributed by atoms with Crippen molar-refractivity contribution in [3.8, 4) is 0 Å². The second kappa shape index (κ2) is 25.8. The van der Waals surface area contributed by atoms with Crippen LogP contribution in [0.5, 0.6) is 0 Å². The quantitative estimate of drug-likeness (QED) is 0.0509. The molecule has 0 aromatic carbocycles. The molecule has 7 heterocycles. The number of halogens is 3. The first-order chi connectivity index (χ1) is 37.1. The molecular weight excluding hydrogens is 1200 g/mol. The van der Waals surface area contributed by atoms with E-state index in [2.05, 4.69) is 25.7 Å². The monoisotopic (exact) mass is 1280 g/mol. The van der Waals surface area contributed by atoms with E-state index in [1.54, 1.807) is 45.5 Å². The van der Waals surface area contributed by atoms with Crippen LogP contribution in [0.1, 0.15) is 98.9 Å². The maximum Gasteiger partial charge on any atom is 0.320 e. The fraction of sp³-hybridized carbons (Fsp3) is 0.722. The number of aromatic nitrogens is 4. The SMILES string of the molecule is CCn1ncc2c(NCCS[C@@H]3C(=O)O[C@@]4(C)[C@H]3[C@@H](C)C(=O)[C@H](C)C[C@@](C)(OC)[C@H](O[C@@H]3O[C@H](C)C[C@H](N(C)C)[C@H]3O)[C@@H](C)[C@H](O[C@H]3C[C@@](C)(OC)[C@@H](O)[C@H](C)O3)[C@@H](C)C(=O)O[C@@H]4I)c(C(=O)Nc3c(Cl)cncc3Cl)cnc21. The van der Waals surface area contributed by atoms with Gasteiger partial charge in [0, 0.05) is 87.8 Å². The molecule has 440 valence electrons. The lowest BCUT2D eigenvalue weighted by atomic mass is 9.72. The number of fused-ring (bicyclic) bond motifs is 2. The molecule has 4 fully saturated rings. The number of hydrogen-bond acceptors (Lipinski definition) is 20. The molecule has 79 heavy (non-hydrogen) atoms. The highest BCUT2D eigenvalue weighted by Crippen LogP contribution is 2.50. The number of nitrogens with zero attached hydrogens (tertiary/aromatic N) is 5. The van der Waals surface area contributed by atoms with Crippen molar-refractivity contribution >= 4 is 104 Å². The van der Waals surface area contributed by atoms with Gasteiger partial charge in [-0.25, -0.2) is 9.67 Å². The Hall–Kier alpha value is -3.05. The van der Waals surface area contributed by atoms with Gasteiger partial charge < -0.3 is 63.6 Å². The van der Waals surface area contributed by atoms with E-state index in [9.17, 15) is 24.6 Å². The number of likely N-dealkylation sites (N-methyl/N-ethyl adjacent to an activating group) is 1. The van der Waals surface area contributed by atoms with Crippen LogP contribution in [0.4, 0.5) is 11.4 Å². The largest absolute Gasteiger partial charge is 0.453 e. The maximum atomic E-state index is 15.3. The third-order valence-electron chi connectivity index (χ3n) is 16.7. The van der Waals surface area contributed by atoms with Crippen LogP contribution in [-0.4, -0.2) is 181 Å². The second-order valence-corrected chi connectivity index (χ2v) is 25.6. The molecule has 4 aliphatic rings. The number of ketones is 1. The number of aryl methyl sites for hydroxylation is 1. The lowest BCUT2D eigenvalue weighted by Gasteiger charge is -2.49. The minimum atomic E-state index is -1.52. The number of nitrogens with one attached hydrogen (secondary N) is 2. The number of anilines is 2. The highest BCUT2D eigenvalue weighted by atomic mass is 127. The Morgan fingerprint density at radius 2 is 1.59 bits per heavy atom. The Bertz CT molecular complexity index is 2660. The van der Waals surface area contributed by atoms with Crippen LogP contribution in [0.15, 0.2) is 24.8 Å². The lowest BCUT2D eigenvalue weighted by Crippen LogP contribution is -2.61. The van der Waals surface area contributed by atoms with Gasteiger partial charge in [0.05, 0.1) is 80.1 Å². The van der Waals surface area contributed by atoms with Crippen LogP contribution >= 0.6 is 57.6 Å². The standard InChI is InChI=1S/C54H78Cl2IN7O14S/c1-15-64-46-31(22-61-64)38(32(21-60-46)47(68)62-39-33(55)23-58-24-34(39)56)59-16-17-79-43-37-27(4)40(65)25(2)19-53(9,72-14)45(76-50-41(66)35(63(11)12)18-26(3)73-50)28(5)42(75-36-20-52(8,71-13)44(67)30(7)74-36)29(6)48(69)77-51(57)54(37,10)78-49(43)70/h21-30,35-37,41-45,50-51,66-67H,15-20H2,1-14H3,(H,59,60)(H,58,62,68)/t25-,26-,27-,28+,29-,30+,35+,36+,37+,41-,42+,43+,44+,45-,50+,51+,52-,53-,54+/m1/s1. The zero-order valence-electron chi connectivity index (χ0n) is 47.4. The van der Waals surface area contributed by atoms with Gasteiger partial charge in [-0.15, -0.1) is 11.8 Å². The van der Waals surface area contributed by atoms with E-state index in [-0.39, 0.29) is 64.4 Å². The fourth-order valence-electron chi connectivity index (χ4n) is 12.0. The first-order valence-corrected chi connectivity index (χ1v) is 29.9. The van der Waals surface area contributed by atoms with E-state index in [1.807, 2.05) is 76.2 Å².